The summed E-state index contributed by atoms with van der Waals surface area (Å²) >= 11 is 0. The summed E-state index contributed by atoms with van der Waals surface area (Å²) in [5.41, 5.74) is -1.43. The molecule has 0 bridgehead atoms. The molecule has 0 saturated carbocycles. The number of alkyl halides is 3. The third-order valence-electron chi connectivity index (χ3n) is 4.32. The normalized spacial score (nSPS) is 12.4. The number of hydrogen-bond acceptors (Lipinski definition) is 4. The Bertz CT molecular complexity index is 1370. The molecule has 170 valence electrons. The van der Waals surface area contributed by atoms with Gasteiger partial charge in [0.2, 0.25) is 0 Å². The molecule has 6 nitrogen and oxygen atoms in total. The molecule has 0 aliphatic carbocycles. The van der Waals surface area contributed by atoms with Gasteiger partial charge in [-0.3, -0.25) is 9.44 Å². The monoisotopic (exact) mass is 488 g/mol. The quantitative estimate of drug-likeness (QED) is 0.490. The lowest BCUT2D eigenvalue weighted by Gasteiger charge is -2.14. The molecule has 32 heavy (non-hydrogen) atoms. The highest BCUT2D eigenvalue weighted by Crippen LogP contribution is 2.31. The van der Waals surface area contributed by atoms with Crippen molar-refractivity contribution in [1.82, 2.24) is 0 Å². The number of aryl methyl sites for hydroxylation is 1. The second kappa shape index (κ2) is 8.43. The Hall–Kier alpha value is -3.12. The van der Waals surface area contributed by atoms with E-state index >= 15 is 0 Å². The lowest BCUT2D eigenvalue weighted by Crippen LogP contribution is -2.17. The predicted molar refractivity (Wildman–Crippen MR) is 111 cm³/mol. The molecule has 0 radical (unpaired) electrons. The number of hydrogen-bond donors (Lipinski definition) is 2. The van der Waals surface area contributed by atoms with Crippen LogP contribution in [0, 0.1) is 12.7 Å². The van der Waals surface area contributed by atoms with Crippen molar-refractivity contribution < 1.29 is 34.4 Å². The number of anilines is 2. The molecule has 0 unspecified atom stereocenters. The van der Waals surface area contributed by atoms with Crippen molar-refractivity contribution in [3.05, 3.63) is 83.7 Å². The van der Waals surface area contributed by atoms with Crippen LogP contribution in [0.1, 0.15) is 11.1 Å². The van der Waals surface area contributed by atoms with Gasteiger partial charge in [-0.25, -0.2) is 21.2 Å². The van der Waals surface area contributed by atoms with Gasteiger partial charge in [0.25, 0.3) is 20.0 Å². The maximum atomic E-state index is 13.8. The Morgan fingerprint density at radius 1 is 0.781 bits per heavy atom. The van der Waals surface area contributed by atoms with E-state index in [0.29, 0.717) is 6.07 Å². The van der Waals surface area contributed by atoms with E-state index < -0.39 is 42.5 Å². The third kappa shape index (κ3) is 5.19. The fourth-order valence-corrected chi connectivity index (χ4v) is 5.18. The maximum absolute atomic E-state index is 13.8. The maximum Gasteiger partial charge on any atom is 0.416 e. The van der Waals surface area contributed by atoms with Gasteiger partial charge in [0.15, 0.2) is 0 Å². The summed E-state index contributed by atoms with van der Waals surface area (Å²) in [6.45, 7) is 1.45. The van der Waals surface area contributed by atoms with Crippen LogP contribution < -0.4 is 9.44 Å². The fourth-order valence-electron chi connectivity index (χ4n) is 2.75. The summed E-state index contributed by atoms with van der Waals surface area (Å²) in [5, 5.41) is 0. The topological polar surface area (TPSA) is 92.3 Å². The molecule has 12 heteroatoms. The lowest BCUT2D eigenvalue weighted by atomic mass is 10.2. The fraction of sp³-hybridized carbons (Fsp3) is 0.100. The highest BCUT2D eigenvalue weighted by molar-refractivity contribution is 7.93. The van der Waals surface area contributed by atoms with Crippen LogP contribution >= 0.6 is 0 Å². The van der Waals surface area contributed by atoms with Crippen LogP contribution in [0.25, 0.3) is 0 Å². The Balaban J connectivity index is 1.94. The van der Waals surface area contributed by atoms with Gasteiger partial charge in [-0.1, -0.05) is 24.3 Å². The van der Waals surface area contributed by atoms with E-state index in [9.17, 15) is 34.4 Å². The first-order valence-electron chi connectivity index (χ1n) is 8.88. The van der Waals surface area contributed by atoms with Crippen molar-refractivity contribution in [2.45, 2.75) is 22.9 Å². The second-order valence-electron chi connectivity index (χ2n) is 6.70. The van der Waals surface area contributed by atoms with Gasteiger partial charge in [0, 0.05) is 0 Å². The molecule has 0 heterocycles. The van der Waals surface area contributed by atoms with Crippen LogP contribution in [0.4, 0.5) is 28.9 Å². The lowest BCUT2D eigenvalue weighted by molar-refractivity contribution is -0.137. The van der Waals surface area contributed by atoms with Gasteiger partial charge in [0.05, 0.1) is 26.7 Å². The minimum absolute atomic E-state index is 0.207. The zero-order valence-corrected chi connectivity index (χ0v) is 17.9. The first-order chi connectivity index (χ1) is 14.8. The van der Waals surface area contributed by atoms with Crippen LogP contribution in [0.5, 0.6) is 0 Å². The molecule has 3 rings (SSSR count). The summed E-state index contributed by atoms with van der Waals surface area (Å²) < 4.78 is 107. The van der Waals surface area contributed by atoms with E-state index in [2.05, 4.69) is 9.44 Å². The summed E-state index contributed by atoms with van der Waals surface area (Å²) in [7, 11) is -8.77. The van der Waals surface area contributed by atoms with Crippen molar-refractivity contribution >= 4 is 31.4 Å². The van der Waals surface area contributed by atoms with Crippen molar-refractivity contribution in [1.29, 1.82) is 0 Å². The van der Waals surface area contributed by atoms with Crippen LogP contribution in [0.2, 0.25) is 0 Å². The van der Waals surface area contributed by atoms with Crippen LogP contribution in [-0.2, 0) is 26.2 Å². The molecule has 0 saturated heterocycles. The molecule has 0 aromatic heterocycles. The molecule has 0 aliphatic heterocycles. The molecular weight excluding hydrogens is 472 g/mol. The van der Waals surface area contributed by atoms with Gasteiger partial charge in [0.1, 0.15) is 5.82 Å². The molecule has 0 fully saturated rings. The zero-order valence-electron chi connectivity index (χ0n) is 16.3. The number of para-hydroxylation sites is 1. The zero-order chi connectivity index (χ0) is 23.7. The summed E-state index contributed by atoms with van der Waals surface area (Å²) in [4.78, 5) is -0.994. The average molecular weight is 488 g/mol. The van der Waals surface area contributed by atoms with Crippen molar-refractivity contribution in [2.24, 2.45) is 0 Å². The van der Waals surface area contributed by atoms with E-state index in [1.807, 2.05) is 0 Å². The summed E-state index contributed by atoms with van der Waals surface area (Å²) in [5.74, 6) is -0.810. The Kier molecular flexibility index (Phi) is 6.20. The second-order valence-corrected chi connectivity index (χ2v) is 10.0. The van der Waals surface area contributed by atoms with E-state index in [4.69, 9.17) is 0 Å². The smallest absolute Gasteiger partial charge is 0.280 e. The molecule has 0 amide bonds. The molecule has 3 aromatic rings. The number of nitrogens with one attached hydrogen (secondary N) is 2. The molecule has 3 aromatic carbocycles. The predicted octanol–water partition coefficient (Wildman–Crippen LogP) is 4.75. The van der Waals surface area contributed by atoms with Crippen molar-refractivity contribution in [2.75, 3.05) is 9.44 Å². The molecular formula is C20H16F4N2O4S2. The van der Waals surface area contributed by atoms with Crippen LogP contribution in [0.3, 0.4) is 0 Å². The largest absolute Gasteiger partial charge is 0.416 e. The number of sulfonamides is 2. The van der Waals surface area contributed by atoms with Gasteiger partial charge in [-0.05, 0) is 55.0 Å². The van der Waals surface area contributed by atoms with Crippen molar-refractivity contribution in [3.8, 4) is 0 Å². The number of benzene rings is 3. The molecule has 0 aliphatic rings. The van der Waals surface area contributed by atoms with E-state index in [1.165, 1.54) is 37.3 Å². The molecule has 0 atom stereocenters. The highest BCUT2D eigenvalue weighted by atomic mass is 32.2. The van der Waals surface area contributed by atoms with Gasteiger partial charge >= 0.3 is 6.18 Å². The van der Waals surface area contributed by atoms with E-state index in [0.717, 1.165) is 30.3 Å². The van der Waals surface area contributed by atoms with E-state index in [1.54, 1.807) is 0 Å². The minimum atomic E-state index is -4.74. The average Bonchev–Trinajstić information content (AvgIpc) is 2.70. The minimum Gasteiger partial charge on any atom is -0.280 e. The van der Waals surface area contributed by atoms with Gasteiger partial charge in [-0.2, -0.15) is 13.2 Å². The number of halogens is 4. The molecule has 0 spiro atoms. The van der Waals surface area contributed by atoms with Crippen molar-refractivity contribution in [3.63, 3.8) is 0 Å². The first-order valence-corrected chi connectivity index (χ1v) is 11.8. The van der Waals surface area contributed by atoms with E-state index in [-0.39, 0.29) is 21.8 Å². The Labute approximate surface area is 182 Å². The number of rotatable bonds is 6. The van der Waals surface area contributed by atoms with Crippen LogP contribution in [-0.4, -0.2) is 16.8 Å². The van der Waals surface area contributed by atoms with Gasteiger partial charge < -0.3 is 0 Å². The molecule has 2 N–H and O–H groups in total. The SMILES string of the molecule is Cc1ccc(NS(=O)(=O)c2cccc(C(F)(F)F)c2)cc1S(=O)(=O)Nc1ccccc1F. The highest BCUT2D eigenvalue weighted by Gasteiger charge is 2.31. The Morgan fingerprint density at radius 2 is 1.47 bits per heavy atom. The standard InChI is InChI=1S/C20H16F4N2O4S2/c1-13-9-10-15(12-19(13)32(29,30)26-18-8-3-2-7-17(18)21)25-31(27,28)16-6-4-5-14(11-16)20(22,23)24/h2-12,25-26H,1H3. The van der Waals surface area contributed by atoms with Gasteiger partial charge in [-0.15, -0.1) is 0 Å². The first kappa shape index (κ1) is 23.5. The summed E-state index contributed by atoms with van der Waals surface area (Å²) in [6.07, 6.45) is -4.74. The summed E-state index contributed by atoms with van der Waals surface area (Å²) in [6, 6.07) is 11.7. The third-order valence-corrected chi connectivity index (χ3v) is 7.21. The Morgan fingerprint density at radius 3 is 2.12 bits per heavy atom. The van der Waals surface area contributed by atoms with Crippen LogP contribution in [0.15, 0.2) is 76.5 Å².